The monoisotopic (exact) mass is 396 g/mol. The van der Waals surface area contributed by atoms with Crippen molar-refractivity contribution in [2.24, 2.45) is 4.99 Å². The number of hydrogen-bond acceptors (Lipinski definition) is 5. The first-order valence-corrected chi connectivity index (χ1v) is 9.43. The number of amides is 2. The lowest BCUT2D eigenvalue weighted by Crippen LogP contribution is -2.23. The van der Waals surface area contributed by atoms with Crippen LogP contribution in [-0.2, 0) is 16.2 Å². The third kappa shape index (κ3) is 5.01. The largest absolute Gasteiger partial charge is 0.493 e. The fourth-order valence-corrected chi connectivity index (χ4v) is 3.36. The van der Waals surface area contributed by atoms with E-state index in [1.165, 1.54) is 12.5 Å². The molecule has 1 heterocycles. The Kier molecular flexibility index (Phi) is 6.16. The number of rotatable bonds is 5. The molecule has 0 radical (unpaired) electrons. The van der Waals surface area contributed by atoms with E-state index in [1.54, 1.807) is 25.3 Å². The predicted molar refractivity (Wildman–Crippen MR) is 110 cm³/mol. The SMILES string of the molecule is COc1cc(/C=C2\SC(NC(C)=O)=NC2=O)ccc1OCc1ccc(C)cc1. The van der Waals surface area contributed by atoms with Gasteiger partial charge in [0.05, 0.1) is 12.0 Å². The van der Waals surface area contributed by atoms with Gasteiger partial charge in [-0.05, 0) is 48.0 Å². The molecule has 0 bridgehead atoms. The summed E-state index contributed by atoms with van der Waals surface area (Å²) < 4.78 is 11.3. The van der Waals surface area contributed by atoms with Crippen LogP contribution in [0.5, 0.6) is 11.5 Å². The van der Waals surface area contributed by atoms with Crippen LogP contribution in [0.1, 0.15) is 23.6 Å². The average Bonchev–Trinajstić information content (AvgIpc) is 2.99. The highest BCUT2D eigenvalue weighted by Gasteiger charge is 2.22. The molecule has 1 N–H and O–H groups in total. The van der Waals surface area contributed by atoms with E-state index in [1.807, 2.05) is 37.3 Å². The van der Waals surface area contributed by atoms with Gasteiger partial charge in [0.15, 0.2) is 16.7 Å². The minimum atomic E-state index is -0.382. The summed E-state index contributed by atoms with van der Waals surface area (Å²) in [6.07, 6.45) is 1.71. The summed E-state index contributed by atoms with van der Waals surface area (Å²) >= 11 is 1.13. The van der Waals surface area contributed by atoms with Gasteiger partial charge in [0.2, 0.25) is 5.91 Å². The van der Waals surface area contributed by atoms with Crippen LogP contribution in [0.15, 0.2) is 52.4 Å². The molecule has 144 valence electrons. The Bertz CT molecular complexity index is 965. The number of benzene rings is 2. The van der Waals surface area contributed by atoms with Gasteiger partial charge < -0.3 is 14.8 Å². The van der Waals surface area contributed by atoms with Crippen molar-refractivity contribution < 1.29 is 19.1 Å². The Morgan fingerprint density at radius 2 is 1.93 bits per heavy atom. The number of aryl methyl sites for hydroxylation is 1. The van der Waals surface area contributed by atoms with Crippen molar-refractivity contribution in [2.45, 2.75) is 20.5 Å². The van der Waals surface area contributed by atoms with Crippen LogP contribution in [0.4, 0.5) is 0 Å². The zero-order valence-corrected chi connectivity index (χ0v) is 16.6. The molecule has 0 unspecified atom stereocenters. The second-order valence-electron chi connectivity index (χ2n) is 6.20. The maximum Gasteiger partial charge on any atom is 0.286 e. The number of hydrogen-bond donors (Lipinski definition) is 1. The number of thioether (sulfide) groups is 1. The van der Waals surface area contributed by atoms with E-state index in [2.05, 4.69) is 10.3 Å². The van der Waals surface area contributed by atoms with E-state index >= 15 is 0 Å². The highest BCUT2D eigenvalue weighted by Crippen LogP contribution is 2.32. The Balaban J connectivity index is 1.72. The third-order valence-corrected chi connectivity index (χ3v) is 4.80. The fourth-order valence-electron chi connectivity index (χ4n) is 2.50. The second-order valence-corrected chi connectivity index (χ2v) is 7.23. The molecule has 1 aliphatic heterocycles. The Labute approximate surface area is 167 Å². The smallest absolute Gasteiger partial charge is 0.286 e. The zero-order valence-electron chi connectivity index (χ0n) is 15.8. The number of ether oxygens (including phenoxy) is 2. The standard InChI is InChI=1S/C21H20N2O4S/c1-13-4-6-15(7-5-13)12-27-17-9-8-16(10-18(17)26-3)11-19-20(25)23-21(28-19)22-14(2)24/h4-11H,12H2,1-3H3,(H,22,23,24,25)/b19-11-. The third-order valence-electron chi connectivity index (χ3n) is 3.90. The molecular formula is C21H20N2O4S. The van der Waals surface area contributed by atoms with Gasteiger partial charge in [0.25, 0.3) is 5.91 Å². The number of aliphatic imine (C=N–C) groups is 1. The molecule has 2 amide bonds. The van der Waals surface area contributed by atoms with Crippen molar-refractivity contribution in [3.63, 3.8) is 0 Å². The van der Waals surface area contributed by atoms with Crippen molar-refractivity contribution in [3.05, 3.63) is 64.1 Å². The number of nitrogens with one attached hydrogen (secondary N) is 1. The van der Waals surface area contributed by atoms with Crippen LogP contribution in [0.25, 0.3) is 6.08 Å². The topological polar surface area (TPSA) is 77.0 Å². The molecule has 2 aromatic carbocycles. The molecule has 0 spiro atoms. The van der Waals surface area contributed by atoms with E-state index < -0.39 is 0 Å². The number of carbonyl (C=O) groups is 2. The summed E-state index contributed by atoms with van der Waals surface area (Å²) in [6.45, 7) is 3.84. The van der Waals surface area contributed by atoms with E-state index in [0.29, 0.717) is 23.0 Å². The maximum atomic E-state index is 12.0. The molecule has 0 saturated carbocycles. The molecule has 6 nitrogen and oxygen atoms in total. The summed E-state index contributed by atoms with van der Waals surface area (Å²) in [5, 5.41) is 2.81. The normalized spacial score (nSPS) is 14.8. The van der Waals surface area contributed by atoms with Crippen molar-refractivity contribution in [1.82, 2.24) is 5.32 Å². The van der Waals surface area contributed by atoms with Crippen molar-refractivity contribution in [1.29, 1.82) is 0 Å². The molecule has 28 heavy (non-hydrogen) atoms. The van der Waals surface area contributed by atoms with Gasteiger partial charge >= 0.3 is 0 Å². The Morgan fingerprint density at radius 1 is 1.18 bits per heavy atom. The molecule has 3 rings (SSSR count). The van der Waals surface area contributed by atoms with Crippen LogP contribution in [-0.4, -0.2) is 24.1 Å². The van der Waals surface area contributed by atoms with E-state index in [-0.39, 0.29) is 17.0 Å². The van der Waals surface area contributed by atoms with Gasteiger partial charge in [0, 0.05) is 6.92 Å². The highest BCUT2D eigenvalue weighted by atomic mass is 32.2. The molecule has 0 atom stereocenters. The molecule has 7 heteroatoms. The van der Waals surface area contributed by atoms with E-state index in [4.69, 9.17) is 9.47 Å². The van der Waals surface area contributed by atoms with E-state index in [9.17, 15) is 9.59 Å². The molecule has 0 aliphatic carbocycles. The predicted octanol–water partition coefficient (Wildman–Crippen LogP) is 3.69. The minimum Gasteiger partial charge on any atom is -0.493 e. The lowest BCUT2D eigenvalue weighted by molar-refractivity contribution is -0.117. The fraction of sp³-hybridized carbons (Fsp3) is 0.190. The van der Waals surface area contributed by atoms with Gasteiger partial charge in [0.1, 0.15) is 6.61 Å². The summed E-state index contributed by atoms with van der Waals surface area (Å²) in [5.74, 6) is 0.537. The minimum absolute atomic E-state index is 0.267. The Hall–Kier alpha value is -3.06. The van der Waals surface area contributed by atoms with Crippen LogP contribution >= 0.6 is 11.8 Å². The molecular weight excluding hydrogens is 376 g/mol. The zero-order chi connectivity index (χ0) is 20.1. The van der Waals surface area contributed by atoms with Gasteiger partial charge in [-0.25, -0.2) is 0 Å². The molecule has 0 aromatic heterocycles. The van der Waals surface area contributed by atoms with E-state index in [0.717, 1.165) is 22.9 Å². The summed E-state index contributed by atoms with van der Waals surface area (Å²) in [4.78, 5) is 27.3. The van der Waals surface area contributed by atoms with Gasteiger partial charge in [-0.2, -0.15) is 4.99 Å². The molecule has 0 saturated heterocycles. The van der Waals surface area contributed by atoms with Gasteiger partial charge in [-0.3, -0.25) is 9.59 Å². The first-order valence-electron chi connectivity index (χ1n) is 8.61. The maximum absolute atomic E-state index is 12.0. The van der Waals surface area contributed by atoms with Crippen LogP contribution in [0.2, 0.25) is 0 Å². The number of carbonyl (C=O) groups excluding carboxylic acids is 2. The van der Waals surface area contributed by atoms with Crippen LogP contribution in [0.3, 0.4) is 0 Å². The second kappa shape index (κ2) is 8.75. The van der Waals surface area contributed by atoms with Crippen molar-refractivity contribution in [3.8, 4) is 11.5 Å². The average molecular weight is 396 g/mol. The highest BCUT2D eigenvalue weighted by molar-refractivity contribution is 8.18. The van der Waals surface area contributed by atoms with Gasteiger partial charge in [-0.1, -0.05) is 35.9 Å². The quantitative estimate of drug-likeness (QED) is 0.780. The summed E-state index contributed by atoms with van der Waals surface area (Å²) in [5.41, 5.74) is 3.04. The van der Waals surface area contributed by atoms with Crippen LogP contribution in [0, 0.1) is 6.92 Å². The lowest BCUT2D eigenvalue weighted by Gasteiger charge is -2.12. The Morgan fingerprint density at radius 3 is 2.61 bits per heavy atom. The summed E-state index contributed by atoms with van der Waals surface area (Å²) in [7, 11) is 1.57. The van der Waals surface area contributed by atoms with Crippen molar-refractivity contribution >= 4 is 34.8 Å². The first kappa shape index (κ1) is 19.7. The van der Waals surface area contributed by atoms with Crippen LogP contribution < -0.4 is 14.8 Å². The molecule has 2 aromatic rings. The van der Waals surface area contributed by atoms with Crippen molar-refractivity contribution in [2.75, 3.05) is 7.11 Å². The summed E-state index contributed by atoms with van der Waals surface area (Å²) in [6, 6.07) is 13.6. The first-order chi connectivity index (χ1) is 13.4. The number of nitrogens with zero attached hydrogens (tertiary/aromatic N) is 1. The van der Waals surface area contributed by atoms with Gasteiger partial charge in [-0.15, -0.1) is 0 Å². The molecule has 0 fully saturated rings. The molecule has 1 aliphatic rings. The number of methoxy groups -OCH3 is 1. The lowest BCUT2D eigenvalue weighted by atomic mass is 10.1. The number of amidine groups is 1.